The number of carbonyl (C=O) groups excluding carboxylic acids is 1. The summed E-state index contributed by atoms with van der Waals surface area (Å²) in [5.74, 6) is 0.268. The van der Waals surface area contributed by atoms with Gasteiger partial charge in [0, 0.05) is 19.6 Å². The van der Waals surface area contributed by atoms with Crippen LogP contribution in [-0.4, -0.2) is 63.4 Å². The number of nitrogens with one attached hydrogen (secondary N) is 1. The van der Waals surface area contributed by atoms with Gasteiger partial charge in [0.15, 0.2) is 0 Å². The fourth-order valence-corrected chi connectivity index (χ4v) is 2.14. The minimum absolute atomic E-state index is 0.156. The summed E-state index contributed by atoms with van der Waals surface area (Å²) in [5.41, 5.74) is 0. The summed E-state index contributed by atoms with van der Waals surface area (Å²) in [6, 6.07) is -0.231. The van der Waals surface area contributed by atoms with Crippen LogP contribution in [0.25, 0.3) is 0 Å². The van der Waals surface area contributed by atoms with Gasteiger partial charge < -0.3 is 19.7 Å². The van der Waals surface area contributed by atoms with E-state index < -0.39 is 0 Å². The Bertz CT molecular complexity index is 259. The first kappa shape index (κ1) is 15.4. The first-order valence-corrected chi connectivity index (χ1v) is 6.64. The quantitative estimate of drug-likeness (QED) is 0.703. The van der Waals surface area contributed by atoms with Gasteiger partial charge in [0.05, 0.1) is 19.8 Å². The molecule has 0 aliphatic carbocycles. The number of nitrogens with zero attached hydrogens (tertiary/aromatic N) is 1. The lowest BCUT2D eigenvalue weighted by Gasteiger charge is -2.31. The third kappa shape index (κ3) is 5.33. The zero-order valence-corrected chi connectivity index (χ0v) is 11.9. The van der Waals surface area contributed by atoms with Gasteiger partial charge in [-0.2, -0.15) is 0 Å². The lowest BCUT2D eigenvalue weighted by atomic mass is 10.0. The van der Waals surface area contributed by atoms with Gasteiger partial charge >= 0.3 is 5.97 Å². The molecule has 0 saturated carbocycles. The van der Waals surface area contributed by atoms with E-state index in [0.717, 1.165) is 26.1 Å². The Hall–Kier alpha value is -0.650. The Labute approximate surface area is 110 Å². The molecule has 0 aromatic rings. The van der Waals surface area contributed by atoms with Crippen LogP contribution in [0.2, 0.25) is 0 Å². The number of ether oxygens (including phenoxy) is 2. The number of likely N-dealkylation sites (N-methyl/N-ethyl adjacent to an activating group) is 1. The highest BCUT2D eigenvalue weighted by Gasteiger charge is 2.23. The van der Waals surface area contributed by atoms with Crippen LogP contribution in [0, 0.1) is 5.92 Å². The second kappa shape index (κ2) is 7.71. The molecular weight excluding hydrogens is 232 g/mol. The number of hydrogen-bond acceptors (Lipinski definition) is 5. The zero-order valence-electron chi connectivity index (χ0n) is 11.9. The summed E-state index contributed by atoms with van der Waals surface area (Å²) in [6.45, 7) is 7.53. The second-order valence-electron chi connectivity index (χ2n) is 5.37. The van der Waals surface area contributed by atoms with E-state index in [2.05, 4.69) is 31.1 Å². The molecule has 2 unspecified atom stereocenters. The van der Waals surface area contributed by atoms with Crippen molar-refractivity contribution in [3.05, 3.63) is 0 Å². The van der Waals surface area contributed by atoms with Gasteiger partial charge in [-0.3, -0.25) is 4.79 Å². The molecule has 0 radical (unpaired) electrons. The summed E-state index contributed by atoms with van der Waals surface area (Å²) in [5, 5.41) is 3.27. The minimum atomic E-state index is -0.231. The van der Waals surface area contributed by atoms with Crippen molar-refractivity contribution < 1.29 is 14.3 Å². The molecule has 1 aliphatic rings. The van der Waals surface area contributed by atoms with Crippen molar-refractivity contribution in [3.8, 4) is 0 Å². The van der Waals surface area contributed by atoms with E-state index in [4.69, 9.17) is 9.47 Å². The van der Waals surface area contributed by atoms with Crippen molar-refractivity contribution in [2.24, 2.45) is 5.92 Å². The van der Waals surface area contributed by atoms with Crippen molar-refractivity contribution in [1.82, 2.24) is 10.2 Å². The molecule has 5 heteroatoms. The molecule has 2 atom stereocenters. The molecule has 1 saturated heterocycles. The average molecular weight is 258 g/mol. The Morgan fingerprint density at radius 1 is 1.56 bits per heavy atom. The van der Waals surface area contributed by atoms with E-state index in [1.807, 2.05) is 0 Å². The third-order valence-corrected chi connectivity index (χ3v) is 3.13. The van der Waals surface area contributed by atoms with E-state index in [-0.39, 0.29) is 18.1 Å². The Kier molecular flexibility index (Phi) is 6.60. The summed E-state index contributed by atoms with van der Waals surface area (Å²) < 4.78 is 10.5. The SMILES string of the molecule is COC(=O)C(CC(C)C)NCC1CN(C)CCO1. The average Bonchev–Trinajstić information content (AvgIpc) is 2.33. The second-order valence-corrected chi connectivity index (χ2v) is 5.37. The molecule has 0 bridgehead atoms. The van der Waals surface area contributed by atoms with Gasteiger partial charge in [-0.25, -0.2) is 0 Å². The van der Waals surface area contributed by atoms with Crippen LogP contribution in [0.4, 0.5) is 0 Å². The van der Waals surface area contributed by atoms with Crippen molar-refractivity contribution in [2.45, 2.75) is 32.4 Å². The summed E-state index contributed by atoms with van der Waals surface area (Å²) in [7, 11) is 3.52. The molecule has 1 heterocycles. The van der Waals surface area contributed by atoms with Gasteiger partial charge in [-0.05, 0) is 19.4 Å². The Morgan fingerprint density at radius 3 is 2.83 bits per heavy atom. The van der Waals surface area contributed by atoms with Gasteiger partial charge in [0.1, 0.15) is 6.04 Å². The highest BCUT2D eigenvalue weighted by molar-refractivity contribution is 5.75. The molecule has 0 spiro atoms. The van der Waals surface area contributed by atoms with Gasteiger partial charge in [-0.1, -0.05) is 13.8 Å². The maximum atomic E-state index is 11.6. The third-order valence-electron chi connectivity index (χ3n) is 3.13. The van der Waals surface area contributed by atoms with Crippen molar-refractivity contribution in [1.29, 1.82) is 0 Å². The maximum Gasteiger partial charge on any atom is 0.322 e. The molecule has 0 aromatic heterocycles. The molecule has 1 rings (SSSR count). The van der Waals surface area contributed by atoms with Crippen LogP contribution in [0.3, 0.4) is 0 Å². The normalized spacial score (nSPS) is 23.1. The van der Waals surface area contributed by atoms with E-state index in [0.29, 0.717) is 12.5 Å². The summed E-state index contributed by atoms with van der Waals surface area (Å²) >= 11 is 0. The Morgan fingerprint density at radius 2 is 2.28 bits per heavy atom. The van der Waals surface area contributed by atoms with E-state index in [1.54, 1.807) is 0 Å². The topological polar surface area (TPSA) is 50.8 Å². The zero-order chi connectivity index (χ0) is 13.5. The molecule has 0 aromatic carbocycles. The minimum Gasteiger partial charge on any atom is -0.468 e. The first-order chi connectivity index (χ1) is 8.52. The van der Waals surface area contributed by atoms with Crippen molar-refractivity contribution >= 4 is 5.97 Å². The van der Waals surface area contributed by atoms with Gasteiger partial charge in [-0.15, -0.1) is 0 Å². The van der Waals surface area contributed by atoms with Gasteiger partial charge in [0.2, 0.25) is 0 Å². The summed E-state index contributed by atoms with van der Waals surface area (Å²) in [6.07, 6.45) is 0.943. The molecule has 1 aliphatic heterocycles. The standard InChI is InChI=1S/C13H26N2O3/c1-10(2)7-12(13(16)17-4)14-8-11-9-15(3)5-6-18-11/h10-12,14H,5-9H2,1-4H3. The summed E-state index contributed by atoms with van der Waals surface area (Å²) in [4.78, 5) is 13.9. The lowest BCUT2D eigenvalue weighted by molar-refractivity contribution is -0.143. The Balaban J connectivity index is 2.38. The van der Waals surface area contributed by atoms with Crippen LogP contribution in [0.5, 0.6) is 0 Å². The maximum absolute atomic E-state index is 11.6. The monoisotopic (exact) mass is 258 g/mol. The molecular formula is C13H26N2O3. The molecule has 18 heavy (non-hydrogen) atoms. The fourth-order valence-electron chi connectivity index (χ4n) is 2.14. The largest absolute Gasteiger partial charge is 0.468 e. The molecule has 1 N–H and O–H groups in total. The van der Waals surface area contributed by atoms with Crippen LogP contribution in [0.1, 0.15) is 20.3 Å². The smallest absolute Gasteiger partial charge is 0.322 e. The van der Waals surface area contributed by atoms with Crippen molar-refractivity contribution in [2.75, 3.05) is 40.4 Å². The molecule has 0 amide bonds. The predicted molar refractivity (Wildman–Crippen MR) is 70.5 cm³/mol. The highest BCUT2D eigenvalue weighted by atomic mass is 16.5. The van der Waals surface area contributed by atoms with Crippen LogP contribution >= 0.6 is 0 Å². The number of morpholine rings is 1. The number of esters is 1. The predicted octanol–water partition coefficient (Wildman–Crippen LogP) is 0.494. The molecule has 1 fully saturated rings. The number of carbonyl (C=O) groups is 1. The first-order valence-electron chi connectivity index (χ1n) is 6.64. The highest BCUT2D eigenvalue weighted by Crippen LogP contribution is 2.08. The van der Waals surface area contributed by atoms with E-state index in [1.165, 1.54) is 7.11 Å². The lowest BCUT2D eigenvalue weighted by Crippen LogP contribution is -2.49. The number of methoxy groups -OCH3 is 1. The molecule has 5 nitrogen and oxygen atoms in total. The fraction of sp³-hybridized carbons (Fsp3) is 0.923. The number of hydrogen-bond donors (Lipinski definition) is 1. The number of rotatable bonds is 6. The van der Waals surface area contributed by atoms with Crippen LogP contribution in [-0.2, 0) is 14.3 Å². The van der Waals surface area contributed by atoms with Crippen LogP contribution in [0.15, 0.2) is 0 Å². The van der Waals surface area contributed by atoms with Crippen molar-refractivity contribution in [3.63, 3.8) is 0 Å². The van der Waals surface area contributed by atoms with Gasteiger partial charge in [0.25, 0.3) is 0 Å². The van der Waals surface area contributed by atoms with E-state index in [9.17, 15) is 4.79 Å². The molecule has 106 valence electrons. The van der Waals surface area contributed by atoms with E-state index >= 15 is 0 Å². The van der Waals surface area contributed by atoms with Crippen LogP contribution < -0.4 is 5.32 Å².